The number of alkyl carbamates (subject to hydrolysis) is 1. The summed E-state index contributed by atoms with van der Waals surface area (Å²) in [5, 5.41) is 2.70. The molecule has 0 aliphatic carbocycles. The summed E-state index contributed by atoms with van der Waals surface area (Å²) in [7, 11) is 0. The van der Waals surface area contributed by atoms with Gasteiger partial charge in [0, 0.05) is 12.1 Å². The zero-order valence-corrected chi connectivity index (χ0v) is 16.8. The number of nitrogens with one attached hydrogen (secondary N) is 1. The summed E-state index contributed by atoms with van der Waals surface area (Å²) in [6, 6.07) is 16.3. The predicted octanol–water partition coefficient (Wildman–Crippen LogP) is 4.06. The first-order chi connectivity index (χ1) is 13.7. The molecule has 0 bridgehead atoms. The van der Waals surface area contributed by atoms with Crippen LogP contribution in [-0.2, 0) is 20.9 Å². The standard InChI is InChI=1S/C23H24N2O4/c1-23(2,3)29-22(28)24-15-17-11-9-16(10-12-17)13-18-14-20(26)25(21(18)27)19-7-5-4-6-8-19/h4-13H,14-15H2,1-3H3,(H,24,28)/b18-13+. The minimum Gasteiger partial charge on any atom is -0.444 e. The van der Waals surface area contributed by atoms with Crippen molar-refractivity contribution in [3.8, 4) is 0 Å². The summed E-state index contributed by atoms with van der Waals surface area (Å²) in [6.45, 7) is 5.76. The van der Waals surface area contributed by atoms with Gasteiger partial charge in [-0.1, -0.05) is 42.5 Å². The van der Waals surface area contributed by atoms with Crippen molar-refractivity contribution in [3.05, 3.63) is 71.3 Å². The Kier molecular flexibility index (Phi) is 5.82. The van der Waals surface area contributed by atoms with Crippen molar-refractivity contribution >= 4 is 29.7 Å². The van der Waals surface area contributed by atoms with Crippen molar-refractivity contribution in [1.29, 1.82) is 0 Å². The lowest BCUT2D eigenvalue weighted by Crippen LogP contribution is -2.32. The van der Waals surface area contributed by atoms with E-state index in [1.165, 1.54) is 4.90 Å². The fourth-order valence-electron chi connectivity index (χ4n) is 2.95. The van der Waals surface area contributed by atoms with Crippen LogP contribution in [0.25, 0.3) is 6.08 Å². The van der Waals surface area contributed by atoms with Crippen LogP contribution < -0.4 is 10.2 Å². The summed E-state index contributed by atoms with van der Waals surface area (Å²) < 4.78 is 5.21. The molecule has 0 aromatic heterocycles. The van der Waals surface area contributed by atoms with Gasteiger partial charge in [-0.3, -0.25) is 9.59 Å². The molecule has 1 fully saturated rings. The molecule has 1 aliphatic heterocycles. The van der Waals surface area contributed by atoms with Gasteiger partial charge in [0.25, 0.3) is 5.91 Å². The molecule has 3 rings (SSSR count). The average Bonchev–Trinajstić information content (AvgIpc) is 2.94. The van der Waals surface area contributed by atoms with E-state index in [9.17, 15) is 14.4 Å². The first kappa shape index (κ1) is 20.3. The number of carbonyl (C=O) groups excluding carboxylic acids is 3. The van der Waals surface area contributed by atoms with Crippen LogP contribution in [0, 0.1) is 0 Å². The van der Waals surface area contributed by atoms with E-state index in [1.807, 2.05) is 51.1 Å². The molecule has 2 aromatic rings. The van der Waals surface area contributed by atoms with Crippen molar-refractivity contribution in [1.82, 2.24) is 5.32 Å². The highest BCUT2D eigenvalue weighted by molar-refractivity contribution is 6.29. The van der Waals surface area contributed by atoms with Crippen LogP contribution in [0.3, 0.4) is 0 Å². The number of benzene rings is 2. The number of imide groups is 1. The average molecular weight is 392 g/mol. The summed E-state index contributed by atoms with van der Waals surface area (Å²) in [4.78, 5) is 37.9. The summed E-state index contributed by atoms with van der Waals surface area (Å²) >= 11 is 0. The molecule has 6 nitrogen and oxygen atoms in total. The van der Waals surface area contributed by atoms with E-state index in [4.69, 9.17) is 4.74 Å². The SMILES string of the molecule is CC(C)(C)OC(=O)NCc1ccc(/C=C2\CC(=O)N(c3ccccc3)C2=O)cc1. The molecule has 1 N–H and O–H groups in total. The maximum Gasteiger partial charge on any atom is 0.407 e. The normalized spacial score (nSPS) is 15.7. The largest absolute Gasteiger partial charge is 0.444 e. The highest BCUT2D eigenvalue weighted by atomic mass is 16.6. The minimum absolute atomic E-state index is 0.0790. The number of para-hydroxylation sites is 1. The number of hydrogen-bond donors (Lipinski definition) is 1. The molecule has 0 unspecified atom stereocenters. The molecule has 1 aliphatic rings. The predicted molar refractivity (Wildman–Crippen MR) is 111 cm³/mol. The van der Waals surface area contributed by atoms with Crippen LogP contribution in [0.5, 0.6) is 0 Å². The molecule has 2 aromatic carbocycles. The fourth-order valence-corrected chi connectivity index (χ4v) is 2.95. The second-order valence-electron chi connectivity index (χ2n) is 7.81. The molecular formula is C23H24N2O4. The van der Waals surface area contributed by atoms with Crippen molar-refractivity contribution in [3.63, 3.8) is 0 Å². The summed E-state index contributed by atoms with van der Waals surface area (Å²) in [5.41, 5.74) is 2.21. The Balaban J connectivity index is 1.65. The van der Waals surface area contributed by atoms with Gasteiger partial charge < -0.3 is 10.1 Å². The highest BCUT2D eigenvalue weighted by Gasteiger charge is 2.34. The number of amides is 3. The van der Waals surface area contributed by atoms with Crippen LogP contribution in [0.2, 0.25) is 0 Å². The van der Waals surface area contributed by atoms with Gasteiger partial charge in [0.05, 0.1) is 12.1 Å². The van der Waals surface area contributed by atoms with Gasteiger partial charge in [0.1, 0.15) is 5.60 Å². The molecule has 1 heterocycles. The Morgan fingerprint density at radius 1 is 1.07 bits per heavy atom. The van der Waals surface area contributed by atoms with Crippen molar-refractivity contribution in [2.24, 2.45) is 0 Å². The third-order valence-electron chi connectivity index (χ3n) is 4.24. The van der Waals surface area contributed by atoms with Gasteiger partial charge in [0.15, 0.2) is 0 Å². The van der Waals surface area contributed by atoms with E-state index in [-0.39, 0.29) is 18.2 Å². The zero-order valence-electron chi connectivity index (χ0n) is 16.8. The highest BCUT2D eigenvalue weighted by Crippen LogP contribution is 2.27. The third kappa shape index (κ3) is 5.31. The minimum atomic E-state index is -0.543. The van der Waals surface area contributed by atoms with E-state index < -0.39 is 11.7 Å². The van der Waals surface area contributed by atoms with Gasteiger partial charge in [-0.2, -0.15) is 0 Å². The molecule has 3 amide bonds. The quantitative estimate of drug-likeness (QED) is 0.629. The smallest absolute Gasteiger partial charge is 0.407 e. The Bertz CT molecular complexity index is 941. The Labute approximate surface area is 170 Å². The molecule has 0 spiro atoms. The van der Waals surface area contributed by atoms with Crippen molar-refractivity contribution in [2.45, 2.75) is 39.3 Å². The topological polar surface area (TPSA) is 75.7 Å². The number of hydrogen-bond acceptors (Lipinski definition) is 4. The Morgan fingerprint density at radius 3 is 2.34 bits per heavy atom. The maximum atomic E-state index is 12.7. The van der Waals surface area contributed by atoms with Crippen molar-refractivity contribution in [2.75, 3.05) is 4.90 Å². The van der Waals surface area contributed by atoms with E-state index in [0.29, 0.717) is 17.8 Å². The second-order valence-corrected chi connectivity index (χ2v) is 7.81. The van der Waals surface area contributed by atoms with Gasteiger partial charge in [0.2, 0.25) is 5.91 Å². The monoisotopic (exact) mass is 392 g/mol. The van der Waals surface area contributed by atoms with E-state index in [0.717, 1.165) is 11.1 Å². The van der Waals surface area contributed by atoms with Crippen LogP contribution >= 0.6 is 0 Å². The molecule has 1 saturated heterocycles. The number of rotatable bonds is 4. The molecular weight excluding hydrogens is 368 g/mol. The van der Waals surface area contributed by atoms with Crippen LogP contribution in [0.4, 0.5) is 10.5 Å². The molecule has 0 radical (unpaired) electrons. The molecule has 29 heavy (non-hydrogen) atoms. The van der Waals surface area contributed by atoms with E-state index in [2.05, 4.69) is 5.32 Å². The van der Waals surface area contributed by atoms with Gasteiger partial charge in [-0.15, -0.1) is 0 Å². The first-order valence-electron chi connectivity index (χ1n) is 9.42. The fraction of sp³-hybridized carbons (Fsp3) is 0.261. The summed E-state index contributed by atoms with van der Waals surface area (Å²) in [6.07, 6.45) is 1.34. The molecule has 6 heteroatoms. The Morgan fingerprint density at radius 2 is 1.72 bits per heavy atom. The van der Waals surface area contributed by atoms with Gasteiger partial charge in [-0.05, 0) is 50.1 Å². The van der Waals surface area contributed by atoms with Gasteiger partial charge in [-0.25, -0.2) is 9.69 Å². The maximum absolute atomic E-state index is 12.7. The molecule has 150 valence electrons. The number of anilines is 1. The lowest BCUT2D eigenvalue weighted by atomic mass is 10.1. The first-order valence-corrected chi connectivity index (χ1v) is 9.42. The Hall–Kier alpha value is -3.41. The summed E-state index contributed by atoms with van der Waals surface area (Å²) in [5.74, 6) is -0.525. The van der Waals surface area contributed by atoms with Crippen LogP contribution in [0.15, 0.2) is 60.2 Å². The third-order valence-corrected chi connectivity index (χ3v) is 4.24. The number of nitrogens with zero attached hydrogens (tertiary/aromatic N) is 1. The lowest BCUT2D eigenvalue weighted by Gasteiger charge is -2.19. The van der Waals surface area contributed by atoms with Crippen LogP contribution in [-0.4, -0.2) is 23.5 Å². The van der Waals surface area contributed by atoms with E-state index >= 15 is 0 Å². The van der Waals surface area contributed by atoms with E-state index in [1.54, 1.807) is 30.3 Å². The molecule has 0 saturated carbocycles. The van der Waals surface area contributed by atoms with Crippen LogP contribution in [0.1, 0.15) is 38.3 Å². The second kappa shape index (κ2) is 8.31. The number of ether oxygens (including phenoxy) is 1. The van der Waals surface area contributed by atoms with Crippen molar-refractivity contribution < 1.29 is 19.1 Å². The van der Waals surface area contributed by atoms with Gasteiger partial charge >= 0.3 is 6.09 Å². The number of carbonyl (C=O) groups is 3. The lowest BCUT2D eigenvalue weighted by molar-refractivity contribution is -0.120. The molecule has 0 atom stereocenters. The zero-order chi connectivity index (χ0) is 21.0.